The Morgan fingerprint density at radius 1 is 0.971 bits per heavy atom. The van der Waals surface area contributed by atoms with Crippen molar-refractivity contribution < 1.29 is 14.8 Å². The van der Waals surface area contributed by atoms with Crippen LogP contribution in [0.2, 0.25) is 0 Å². The minimum absolute atomic E-state index is 0.230. The van der Waals surface area contributed by atoms with Gasteiger partial charge in [0, 0.05) is 33.6 Å². The molecule has 174 valence electrons. The van der Waals surface area contributed by atoms with Gasteiger partial charge < -0.3 is 10.4 Å². The molecule has 0 spiro atoms. The van der Waals surface area contributed by atoms with E-state index in [0.29, 0.717) is 28.9 Å². The molecule has 8 heteroatoms. The van der Waals surface area contributed by atoms with E-state index in [9.17, 15) is 20.0 Å². The van der Waals surface area contributed by atoms with E-state index in [1.165, 1.54) is 12.3 Å². The van der Waals surface area contributed by atoms with Crippen molar-refractivity contribution >= 4 is 45.1 Å². The molecule has 7 nitrogen and oxygen atoms in total. The maximum atomic E-state index is 12.5. The van der Waals surface area contributed by atoms with E-state index in [0.717, 1.165) is 10.0 Å². The number of halogens is 1. The van der Waals surface area contributed by atoms with E-state index in [4.69, 9.17) is 0 Å². The van der Waals surface area contributed by atoms with Crippen LogP contribution in [0.3, 0.4) is 0 Å². The fourth-order valence-electron chi connectivity index (χ4n) is 3.51. The van der Waals surface area contributed by atoms with Crippen LogP contribution in [0, 0.1) is 10.1 Å². The van der Waals surface area contributed by atoms with Crippen molar-refractivity contribution in [2.75, 3.05) is 5.32 Å². The molecule has 0 saturated heterocycles. The standard InChI is InChI=1S/C27H20BrN3O4/c28-22-9-4-8-20(15-22)27(33)30-24-11-5-10-23(16-24)29-17-21-13-19(12-18-6-2-1-3-7-18)14-25(26(21)32)31(34)35/h1-11,13-17,32H,12H2,(H,30,33). The molecule has 0 aromatic heterocycles. The Morgan fingerprint density at radius 3 is 2.49 bits per heavy atom. The van der Waals surface area contributed by atoms with Crippen molar-refractivity contribution in [1.29, 1.82) is 0 Å². The molecule has 0 fully saturated rings. The molecule has 0 aliphatic carbocycles. The van der Waals surface area contributed by atoms with Crippen molar-refractivity contribution in [3.8, 4) is 5.75 Å². The molecule has 0 atom stereocenters. The van der Waals surface area contributed by atoms with Crippen molar-refractivity contribution in [3.05, 3.63) is 128 Å². The summed E-state index contributed by atoms with van der Waals surface area (Å²) in [5.41, 5.74) is 3.07. The minimum Gasteiger partial charge on any atom is -0.502 e. The van der Waals surface area contributed by atoms with E-state index >= 15 is 0 Å². The monoisotopic (exact) mass is 529 g/mol. The Labute approximate surface area is 210 Å². The van der Waals surface area contributed by atoms with Crippen molar-refractivity contribution in [1.82, 2.24) is 0 Å². The lowest BCUT2D eigenvalue weighted by Crippen LogP contribution is -2.11. The number of phenolic OH excluding ortho intramolecular Hbond substituents is 1. The van der Waals surface area contributed by atoms with Crippen LogP contribution in [0.25, 0.3) is 0 Å². The summed E-state index contributed by atoms with van der Waals surface area (Å²) < 4.78 is 0.798. The number of benzene rings is 4. The van der Waals surface area contributed by atoms with Crippen LogP contribution < -0.4 is 5.32 Å². The molecular formula is C27H20BrN3O4. The van der Waals surface area contributed by atoms with Crippen molar-refractivity contribution in [2.24, 2.45) is 4.99 Å². The Kier molecular flexibility index (Phi) is 7.32. The smallest absolute Gasteiger partial charge is 0.311 e. The number of hydrogen-bond acceptors (Lipinski definition) is 5. The molecule has 4 aromatic carbocycles. The number of phenols is 1. The highest BCUT2D eigenvalue weighted by atomic mass is 79.9. The lowest BCUT2D eigenvalue weighted by molar-refractivity contribution is -0.385. The first-order chi connectivity index (χ1) is 16.9. The maximum absolute atomic E-state index is 12.5. The Morgan fingerprint density at radius 2 is 1.74 bits per heavy atom. The predicted octanol–water partition coefficient (Wildman–Crippen LogP) is 6.66. The topological polar surface area (TPSA) is 105 Å². The number of rotatable bonds is 7. The van der Waals surface area contributed by atoms with E-state index in [2.05, 4.69) is 26.2 Å². The predicted molar refractivity (Wildman–Crippen MR) is 140 cm³/mol. The van der Waals surface area contributed by atoms with Gasteiger partial charge in [-0.2, -0.15) is 0 Å². The van der Waals surface area contributed by atoms with Gasteiger partial charge in [0.05, 0.1) is 10.6 Å². The average molecular weight is 530 g/mol. The number of anilines is 1. The highest BCUT2D eigenvalue weighted by molar-refractivity contribution is 9.10. The number of amides is 1. The van der Waals surface area contributed by atoms with Gasteiger partial charge in [-0.25, -0.2) is 0 Å². The molecule has 1 amide bonds. The Balaban J connectivity index is 1.58. The van der Waals surface area contributed by atoms with Crippen LogP contribution >= 0.6 is 15.9 Å². The normalized spacial score (nSPS) is 10.9. The van der Waals surface area contributed by atoms with E-state index in [-0.39, 0.29) is 17.2 Å². The number of nitrogens with one attached hydrogen (secondary N) is 1. The zero-order valence-electron chi connectivity index (χ0n) is 18.4. The van der Waals surface area contributed by atoms with Gasteiger partial charge in [0.2, 0.25) is 5.75 Å². The largest absolute Gasteiger partial charge is 0.502 e. The first-order valence-electron chi connectivity index (χ1n) is 10.6. The third-order valence-corrected chi connectivity index (χ3v) is 5.66. The molecule has 4 rings (SSSR count). The summed E-state index contributed by atoms with van der Waals surface area (Å²) in [5.74, 6) is -0.719. The number of nitro groups is 1. The molecule has 0 radical (unpaired) electrons. The zero-order valence-corrected chi connectivity index (χ0v) is 20.0. The van der Waals surface area contributed by atoms with Crippen LogP contribution in [0.15, 0.2) is 100 Å². The number of aromatic hydroxyl groups is 1. The summed E-state index contributed by atoms with van der Waals surface area (Å²) in [6.07, 6.45) is 1.85. The van der Waals surface area contributed by atoms with Gasteiger partial charge >= 0.3 is 5.69 Å². The fourth-order valence-corrected chi connectivity index (χ4v) is 3.91. The van der Waals surface area contributed by atoms with Crippen LogP contribution in [0.5, 0.6) is 5.75 Å². The number of carbonyl (C=O) groups is 1. The van der Waals surface area contributed by atoms with E-state index in [1.54, 1.807) is 48.5 Å². The van der Waals surface area contributed by atoms with E-state index < -0.39 is 10.7 Å². The fraction of sp³-hybridized carbons (Fsp3) is 0.0370. The maximum Gasteiger partial charge on any atom is 0.311 e. The molecule has 0 bridgehead atoms. The zero-order chi connectivity index (χ0) is 24.8. The van der Waals surface area contributed by atoms with Crippen molar-refractivity contribution in [2.45, 2.75) is 6.42 Å². The lowest BCUT2D eigenvalue weighted by atomic mass is 10.0. The first-order valence-corrected chi connectivity index (χ1v) is 11.4. The molecule has 4 aromatic rings. The number of carbonyl (C=O) groups excluding carboxylic acids is 1. The van der Waals surface area contributed by atoms with Gasteiger partial charge in [0.15, 0.2) is 0 Å². The van der Waals surface area contributed by atoms with Gasteiger partial charge in [-0.15, -0.1) is 0 Å². The third kappa shape index (κ3) is 6.18. The number of nitrogens with zero attached hydrogens (tertiary/aromatic N) is 2. The van der Waals surface area contributed by atoms with Crippen LogP contribution in [0.1, 0.15) is 27.0 Å². The molecule has 0 unspecified atom stereocenters. The van der Waals surface area contributed by atoms with Gasteiger partial charge in [-0.05, 0) is 60.0 Å². The second-order valence-electron chi connectivity index (χ2n) is 7.75. The highest BCUT2D eigenvalue weighted by Gasteiger charge is 2.18. The molecule has 0 aliphatic heterocycles. The van der Waals surface area contributed by atoms with Gasteiger partial charge in [0.1, 0.15) is 0 Å². The Hall–Kier alpha value is -4.30. The molecular weight excluding hydrogens is 510 g/mol. The summed E-state index contributed by atoms with van der Waals surface area (Å²) in [6, 6.07) is 26.5. The second kappa shape index (κ2) is 10.8. The Bertz CT molecular complexity index is 1420. The number of nitro benzene ring substituents is 1. The summed E-state index contributed by atoms with van der Waals surface area (Å²) in [6.45, 7) is 0. The number of aliphatic imine (C=N–C) groups is 1. The SMILES string of the molecule is O=C(Nc1cccc(N=Cc2cc(Cc3ccccc3)cc([N+](=O)[O-])c2O)c1)c1cccc(Br)c1. The highest BCUT2D eigenvalue weighted by Crippen LogP contribution is 2.32. The van der Waals surface area contributed by atoms with Gasteiger partial charge in [0.25, 0.3) is 5.91 Å². The average Bonchev–Trinajstić information content (AvgIpc) is 2.85. The van der Waals surface area contributed by atoms with Crippen LogP contribution in [-0.2, 0) is 6.42 Å². The molecule has 0 heterocycles. The quantitative estimate of drug-likeness (QED) is 0.158. The summed E-state index contributed by atoms with van der Waals surface area (Å²) >= 11 is 3.35. The van der Waals surface area contributed by atoms with Crippen molar-refractivity contribution in [3.63, 3.8) is 0 Å². The van der Waals surface area contributed by atoms with Crippen LogP contribution in [0.4, 0.5) is 17.1 Å². The lowest BCUT2D eigenvalue weighted by Gasteiger charge is -2.07. The van der Waals surface area contributed by atoms with Gasteiger partial charge in [-0.3, -0.25) is 19.9 Å². The summed E-state index contributed by atoms with van der Waals surface area (Å²) in [4.78, 5) is 27.8. The van der Waals surface area contributed by atoms with E-state index in [1.807, 2.05) is 36.4 Å². The summed E-state index contributed by atoms with van der Waals surface area (Å²) in [7, 11) is 0. The number of hydrogen-bond donors (Lipinski definition) is 2. The summed E-state index contributed by atoms with van der Waals surface area (Å²) in [5, 5.41) is 24.8. The van der Waals surface area contributed by atoms with Gasteiger partial charge in [-0.1, -0.05) is 58.4 Å². The first kappa shape index (κ1) is 23.8. The third-order valence-electron chi connectivity index (χ3n) is 5.17. The molecule has 0 saturated carbocycles. The molecule has 0 aliphatic rings. The molecule has 2 N–H and O–H groups in total. The molecule has 35 heavy (non-hydrogen) atoms. The van der Waals surface area contributed by atoms with Crippen LogP contribution in [-0.4, -0.2) is 22.2 Å². The minimum atomic E-state index is -0.612. The second-order valence-corrected chi connectivity index (χ2v) is 8.66.